The van der Waals surface area contributed by atoms with Gasteiger partial charge in [0, 0.05) is 45.3 Å². The first kappa shape index (κ1) is 27.9. The van der Waals surface area contributed by atoms with Crippen molar-refractivity contribution in [3.05, 3.63) is 34.9 Å². The molecule has 4 aliphatic rings. The van der Waals surface area contributed by atoms with Gasteiger partial charge in [-0.25, -0.2) is 4.79 Å². The Labute approximate surface area is 222 Å². The molecule has 0 heterocycles. The maximum Gasteiger partial charge on any atom is 0.410 e. The molecule has 4 bridgehead atoms. The van der Waals surface area contributed by atoms with E-state index in [0.29, 0.717) is 31.6 Å². The van der Waals surface area contributed by atoms with Crippen LogP contribution in [-0.4, -0.2) is 72.3 Å². The average Bonchev–Trinajstić information content (AvgIpc) is 2.80. The van der Waals surface area contributed by atoms with Gasteiger partial charge >= 0.3 is 6.09 Å². The summed E-state index contributed by atoms with van der Waals surface area (Å²) in [4.78, 5) is 29.3. The van der Waals surface area contributed by atoms with Crippen molar-refractivity contribution in [1.29, 1.82) is 0 Å². The van der Waals surface area contributed by atoms with Gasteiger partial charge in [-0.05, 0) is 107 Å². The Morgan fingerprint density at radius 1 is 1.05 bits per heavy atom. The van der Waals surface area contributed by atoms with Crippen LogP contribution >= 0.6 is 0 Å². The van der Waals surface area contributed by atoms with Crippen molar-refractivity contribution in [3.63, 3.8) is 0 Å². The molecule has 2 N–H and O–H groups in total. The van der Waals surface area contributed by atoms with Gasteiger partial charge in [0.25, 0.3) is 5.91 Å². The third kappa shape index (κ3) is 7.26. The van der Waals surface area contributed by atoms with E-state index in [-0.39, 0.29) is 18.6 Å². The summed E-state index contributed by atoms with van der Waals surface area (Å²) >= 11 is 0. The smallest absolute Gasteiger partial charge is 0.410 e. The summed E-state index contributed by atoms with van der Waals surface area (Å²) in [5.74, 6) is 2.65. The van der Waals surface area contributed by atoms with E-state index < -0.39 is 5.60 Å². The van der Waals surface area contributed by atoms with Crippen LogP contribution in [0, 0.1) is 30.1 Å². The number of amides is 2. The number of hydrogen-bond acceptors (Lipinski definition) is 5. The number of nitrogens with one attached hydrogen (secondary N) is 1. The number of nitrogens with zero attached hydrogens (tertiary/aromatic N) is 2. The number of hydrogen-bond donors (Lipinski definition) is 2. The summed E-state index contributed by atoms with van der Waals surface area (Å²) in [5, 5.41) is 12.9. The van der Waals surface area contributed by atoms with Gasteiger partial charge in [0.1, 0.15) is 5.60 Å². The summed E-state index contributed by atoms with van der Waals surface area (Å²) in [7, 11) is 1.73. The molecule has 7 heteroatoms. The normalized spacial score (nSPS) is 26.4. The molecule has 1 aromatic rings. The van der Waals surface area contributed by atoms with Crippen molar-refractivity contribution < 1.29 is 19.4 Å². The van der Waals surface area contributed by atoms with Gasteiger partial charge in [0.05, 0.1) is 6.61 Å². The monoisotopic (exact) mass is 513 g/mol. The number of likely N-dealkylation sites (N-methyl/N-ethyl adjacent to an activating group) is 1. The third-order valence-electron chi connectivity index (χ3n) is 8.61. The van der Waals surface area contributed by atoms with E-state index in [4.69, 9.17) is 4.74 Å². The molecule has 7 nitrogen and oxygen atoms in total. The minimum atomic E-state index is -0.537. The SMILES string of the molecule is Cc1ccc(CN(CCO)CCN(C)C(=O)OC(C)(C)C)cc1C(=O)NCC12CC3CC(CC(C3)C1)C2. The van der Waals surface area contributed by atoms with Gasteiger partial charge in [-0.1, -0.05) is 12.1 Å². The zero-order valence-electron chi connectivity index (χ0n) is 23.5. The Hall–Kier alpha value is -2.12. The number of ether oxygens (including phenoxy) is 1. The average molecular weight is 514 g/mol. The van der Waals surface area contributed by atoms with Crippen LogP contribution in [0.2, 0.25) is 0 Å². The summed E-state index contributed by atoms with van der Waals surface area (Å²) in [6.07, 6.45) is 7.72. The Balaban J connectivity index is 1.34. The molecule has 0 aliphatic heterocycles. The van der Waals surface area contributed by atoms with Crippen molar-refractivity contribution >= 4 is 12.0 Å². The molecule has 0 saturated heterocycles. The Morgan fingerprint density at radius 2 is 1.68 bits per heavy atom. The van der Waals surface area contributed by atoms with Crippen LogP contribution in [-0.2, 0) is 11.3 Å². The summed E-state index contributed by atoms with van der Waals surface area (Å²) in [5.41, 5.74) is 2.51. The molecule has 2 amide bonds. The van der Waals surface area contributed by atoms with E-state index in [1.165, 1.54) is 38.5 Å². The van der Waals surface area contributed by atoms with Gasteiger partial charge < -0.3 is 20.1 Å². The highest BCUT2D eigenvalue weighted by atomic mass is 16.6. The molecule has 4 saturated carbocycles. The van der Waals surface area contributed by atoms with Crippen LogP contribution in [0.25, 0.3) is 0 Å². The van der Waals surface area contributed by atoms with Crippen LogP contribution in [0.5, 0.6) is 0 Å². The highest BCUT2D eigenvalue weighted by molar-refractivity contribution is 5.95. The van der Waals surface area contributed by atoms with E-state index in [9.17, 15) is 14.7 Å². The first-order valence-electron chi connectivity index (χ1n) is 14.1. The van der Waals surface area contributed by atoms with Gasteiger partial charge in [0.2, 0.25) is 0 Å². The number of carbonyl (C=O) groups excluding carboxylic acids is 2. The number of benzene rings is 1. The summed E-state index contributed by atoms with van der Waals surface area (Å²) < 4.78 is 5.44. The lowest BCUT2D eigenvalue weighted by atomic mass is 9.49. The lowest BCUT2D eigenvalue weighted by Crippen LogP contribution is -2.51. The molecule has 0 spiro atoms. The quantitative estimate of drug-likeness (QED) is 0.478. The van der Waals surface area contributed by atoms with E-state index in [1.54, 1.807) is 11.9 Å². The zero-order chi connectivity index (χ0) is 26.8. The van der Waals surface area contributed by atoms with E-state index in [2.05, 4.69) is 10.2 Å². The number of aryl methyl sites for hydroxylation is 1. The van der Waals surface area contributed by atoms with E-state index in [1.807, 2.05) is 45.9 Å². The van der Waals surface area contributed by atoms with Gasteiger partial charge in [-0.3, -0.25) is 9.69 Å². The maximum absolute atomic E-state index is 13.3. The Morgan fingerprint density at radius 3 is 2.24 bits per heavy atom. The number of carbonyl (C=O) groups is 2. The third-order valence-corrected chi connectivity index (χ3v) is 8.61. The minimum Gasteiger partial charge on any atom is -0.444 e. The highest BCUT2D eigenvalue weighted by Gasteiger charge is 2.50. The lowest BCUT2D eigenvalue weighted by Gasteiger charge is -2.56. The highest BCUT2D eigenvalue weighted by Crippen LogP contribution is 2.59. The van der Waals surface area contributed by atoms with Crippen molar-refractivity contribution in [3.8, 4) is 0 Å². The fourth-order valence-electron chi connectivity index (χ4n) is 7.27. The maximum atomic E-state index is 13.3. The van der Waals surface area contributed by atoms with Crippen molar-refractivity contribution in [2.75, 3.05) is 39.8 Å². The van der Waals surface area contributed by atoms with E-state index in [0.717, 1.165) is 41.0 Å². The Bertz CT molecular complexity index is 935. The van der Waals surface area contributed by atoms with Crippen molar-refractivity contribution in [2.24, 2.45) is 23.2 Å². The first-order chi connectivity index (χ1) is 17.4. The number of rotatable bonds is 10. The Kier molecular flexibility index (Phi) is 8.54. The van der Waals surface area contributed by atoms with Crippen LogP contribution in [0.15, 0.2) is 18.2 Å². The van der Waals surface area contributed by atoms with Crippen molar-refractivity contribution in [2.45, 2.75) is 78.4 Å². The lowest BCUT2D eigenvalue weighted by molar-refractivity contribution is -0.0503. The fraction of sp³-hybridized carbons (Fsp3) is 0.733. The van der Waals surface area contributed by atoms with Crippen molar-refractivity contribution in [1.82, 2.24) is 15.1 Å². The predicted molar refractivity (Wildman–Crippen MR) is 145 cm³/mol. The molecule has 4 aliphatic carbocycles. The number of aliphatic hydroxyl groups is 1. The van der Waals surface area contributed by atoms with Crippen LogP contribution in [0.3, 0.4) is 0 Å². The number of aliphatic hydroxyl groups excluding tert-OH is 1. The molecule has 0 atom stereocenters. The largest absolute Gasteiger partial charge is 0.444 e. The molecule has 206 valence electrons. The summed E-state index contributed by atoms with van der Waals surface area (Å²) in [6, 6.07) is 6.05. The molecule has 1 aromatic carbocycles. The molecule has 5 rings (SSSR count). The molecule has 0 unspecified atom stereocenters. The van der Waals surface area contributed by atoms with Gasteiger partial charge in [-0.2, -0.15) is 0 Å². The molecular weight excluding hydrogens is 466 g/mol. The van der Waals surface area contributed by atoms with Crippen LogP contribution in [0.1, 0.15) is 80.8 Å². The molecular formula is C30H47N3O4. The van der Waals surface area contributed by atoms with Gasteiger partial charge in [0.15, 0.2) is 0 Å². The van der Waals surface area contributed by atoms with Crippen LogP contribution in [0.4, 0.5) is 4.79 Å². The molecule has 0 aromatic heterocycles. The summed E-state index contributed by atoms with van der Waals surface area (Å²) in [6.45, 7) is 10.5. The zero-order valence-corrected chi connectivity index (χ0v) is 23.5. The minimum absolute atomic E-state index is 0.0217. The van der Waals surface area contributed by atoms with Gasteiger partial charge in [-0.15, -0.1) is 0 Å². The van der Waals surface area contributed by atoms with E-state index >= 15 is 0 Å². The first-order valence-corrected chi connectivity index (χ1v) is 14.1. The predicted octanol–water partition coefficient (Wildman–Crippen LogP) is 4.60. The second-order valence-corrected chi connectivity index (χ2v) is 13.2. The molecule has 0 radical (unpaired) electrons. The standard InChI is InChI=1S/C30H47N3O4/c1-21-6-7-22(19-33(10-11-34)9-8-32(5)28(36)37-29(2,3)4)15-26(21)27(35)31-20-30-16-23-12-24(17-30)14-25(13-23)18-30/h6-7,15,23-25,34H,8-14,16-20H2,1-5H3,(H,31,35). The fourth-order valence-corrected chi connectivity index (χ4v) is 7.27. The topological polar surface area (TPSA) is 82.1 Å². The second-order valence-electron chi connectivity index (χ2n) is 13.2. The second kappa shape index (κ2) is 11.3. The molecule has 37 heavy (non-hydrogen) atoms. The molecule has 4 fully saturated rings. The van der Waals surface area contributed by atoms with Crippen LogP contribution < -0.4 is 5.32 Å².